The molecule has 32 heavy (non-hydrogen) atoms. The molecule has 3 N–H and O–H groups in total. The van der Waals surface area contributed by atoms with Gasteiger partial charge in [-0.05, 0) is 94.4 Å². The van der Waals surface area contributed by atoms with E-state index in [0.29, 0.717) is 35.4 Å². The largest absolute Gasteiger partial charge is 0.358 e. The number of amides is 2. The SMILES string of the molecule is Cc1[nH]c2c(c1C(=O)NCCCN1CCCC1)CCC/C2=C1/C(=O)Nc2ccc(F)cc21. The van der Waals surface area contributed by atoms with Gasteiger partial charge >= 0.3 is 0 Å². The molecule has 2 aliphatic heterocycles. The van der Waals surface area contributed by atoms with Crippen molar-refractivity contribution in [1.29, 1.82) is 0 Å². The highest BCUT2D eigenvalue weighted by Crippen LogP contribution is 2.43. The molecule has 0 spiro atoms. The number of benzene rings is 1. The van der Waals surface area contributed by atoms with Gasteiger partial charge in [0.1, 0.15) is 5.82 Å². The number of H-pyrrole nitrogens is 1. The van der Waals surface area contributed by atoms with Gasteiger partial charge in [-0.3, -0.25) is 9.59 Å². The molecule has 0 unspecified atom stereocenters. The molecule has 2 aromatic rings. The van der Waals surface area contributed by atoms with E-state index in [1.165, 1.54) is 25.0 Å². The molecule has 1 fully saturated rings. The van der Waals surface area contributed by atoms with Crippen molar-refractivity contribution >= 4 is 28.6 Å². The lowest BCUT2D eigenvalue weighted by molar-refractivity contribution is -0.110. The standard InChI is InChI=1S/C25H29FN4O2/c1-15-21(24(31)27-10-5-13-30-11-2-3-12-30)17-6-4-7-18(23(17)28-15)22-19-14-16(26)8-9-20(19)29-25(22)32/h8-9,14,28H,2-7,10-13H2,1H3,(H,27,31)(H,29,32)/b22-18-. The number of hydrogen-bond donors (Lipinski definition) is 3. The van der Waals surface area contributed by atoms with E-state index < -0.39 is 0 Å². The van der Waals surface area contributed by atoms with Gasteiger partial charge in [0.25, 0.3) is 11.8 Å². The van der Waals surface area contributed by atoms with E-state index in [1.807, 2.05) is 6.92 Å². The summed E-state index contributed by atoms with van der Waals surface area (Å²) in [4.78, 5) is 31.6. The zero-order valence-electron chi connectivity index (χ0n) is 18.4. The molecule has 3 aliphatic rings. The minimum atomic E-state index is -0.369. The highest BCUT2D eigenvalue weighted by atomic mass is 19.1. The highest BCUT2D eigenvalue weighted by Gasteiger charge is 2.33. The summed E-state index contributed by atoms with van der Waals surface area (Å²) < 4.78 is 13.9. The van der Waals surface area contributed by atoms with Crippen molar-refractivity contribution in [2.75, 3.05) is 31.5 Å². The van der Waals surface area contributed by atoms with Crippen LogP contribution in [0.1, 0.15) is 65.0 Å². The van der Waals surface area contributed by atoms with Crippen LogP contribution in [0.2, 0.25) is 0 Å². The predicted molar refractivity (Wildman–Crippen MR) is 123 cm³/mol. The first kappa shape index (κ1) is 20.9. The zero-order valence-corrected chi connectivity index (χ0v) is 18.4. The molecule has 3 heterocycles. The molecule has 0 radical (unpaired) electrons. The lowest BCUT2D eigenvalue weighted by Crippen LogP contribution is -2.29. The van der Waals surface area contributed by atoms with Gasteiger partial charge in [-0.1, -0.05) is 0 Å². The Morgan fingerprint density at radius 1 is 1.19 bits per heavy atom. The van der Waals surface area contributed by atoms with E-state index in [1.54, 1.807) is 6.07 Å². The smallest absolute Gasteiger partial charge is 0.256 e. The fraction of sp³-hybridized carbons (Fsp3) is 0.440. The Labute approximate surface area is 187 Å². The molecular weight excluding hydrogens is 407 g/mol. The topological polar surface area (TPSA) is 77.2 Å². The molecule has 0 atom stereocenters. The van der Waals surface area contributed by atoms with Crippen molar-refractivity contribution < 1.29 is 14.0 Å². The van der Waals surface area contributed by atoms with Crippen LogP contribution in [0, 0.1) is 12.7 Å². The summed E-state index contributed by atoms with van der Waals surface area (Å²) >= 11 is 0. The Hall–Kier alpha value is -2.93. The van der Waals surface area contributed by atoms with Crippen LogP contribution in [-0.4, -0.2) is 47.9 Å². The van der Waals surface area contributed by atoms with E-state index in [2.05, 4.69) is 20.5 Å². The number of fused-ring (bicyclic) bond motifs is 2. The summed E-state index contributed by atoms with van der Waals surface area (Å²) in [5, 5.41) is 5.93. The average molecular weight is 437 g/mol. The minimum Gasteiger partial charge on any atom is -0.358 e. The maximum atomic E-state index is 13.9. The summed E-state index contributed by atoms with van der Waals surface area (Å²) in [7, 11) is 0. The summed E-state index contributed by atoms with van der Waals surface area (Å²) in [5.41, 5.74) is 5.91. The molecule has 2 amide bonds. The number of nitrogens with one attached hydrogen (secondary N) is 3. The van der Waals surface area contributed by atoms with Gasteiger partial charge in [0.2, 0.25) is 0 Å². The number of aryl methyl sites for hydroxylation is 1. The fourth-order valence-electron chi connectivity index (χ4n) is 5.35. The van der Waals surface area contributed by atoms with Crippen LogP contribution in [-0.2, 0) is 11.2 Å². The van der Waals surface area contributed by atoms with Crippen LogP contribution in [0.15, 0.2) is 18.2 Å². The zero-order chi connectivity index (χ0) is 22.2. The van der Waals surface area contributed by atoms with Gasteiger partial charge in [-0.2, -0.15) is 0 Å². The fourth-order valence-corrected chi connectivity index (χ4v) is 5.35. The number of hydrogen-bond acceptors (Lipinski definition) is 3. The molecule has 168 valence electrons. The third-order valence-corrected chi connectivity index (χ3v) is 6.84. The first-order chi connectivity index (χ1) is 15.5. The van der Waals surface area contributed by atoms with Crippen molar-refractivity contribution in [3.05, 3.63) is 52.1 Å². The maximum Gasteiger partial charge on any atom is 0.256 e. The molecular formula is C25H29FN4O2. The monoisotopic (exact) mass is 436 g/mol. The van der Waals surface area contributed by atoms with Crippen molar-refractivity contribution in [3.8, 4) is 0 Å². The summed E-state index contributed by atoms with van der Waals surface area (Å²) in [6, 6.07) is 4.36. The van der Waals surface area contributed by atoms with Gasteiger partial charge in [-0.25, -0.2) is 4.39 Å². The highest BCUT2D eigenvalue weighted by molar-refractivity contribution is 6.36. The number of anilines is 1. The Balaban J connectivity index is 1.40. The number of aromatic amines is 1. The van der Waals surface area contributed by atoms with Gasteiger partial charge in [0, 0.05) is 29.2 Å². The molecule has 0 saturated carbocycles. The molecule has 1 aromatic carbocycles. The minimum absolute atomic E-state index is 0.0602. The number of carbonyl (C=O) groups excluding carboxylic acids is 2. The Morgan fingerprint density at radius 3 is 2.81 bits per heavy atom. The van der Waals surface area contributed by atoms with Crippen LogP contribution >= 0.6 is 0 Å². The Morgan fingerprint density at radius 2 is 2.00 bits per heavy atom. The van der Waals surface area contributed by atoms with Crippen LogP contribution in [0.25, 0.3) is 11.1 Å². The maximum absolute atomic E-state index is 13.9. The number of rotatable bonds is 5. The normalized spacial score (nSPS) is 20.2. The van der Waals surface area contributed by atoms with Gasteiger partial charge in [-0.15, -0.1) is 0 Å². The number of likely N-dealkylation sites (tertiary alicyclic amines) is 1. The lowest BCUT2D eigenvalue weighted by Gasteiger charge is -2.19. The van der Waals surface area contributed by atoms with Crippen LogP contribution in [0.4, 0.5) is 10.1 Å². The first-order valence-electron chi connectivity index (χ1n) is 11.6. The van der Waals surface area contributed by atoms with E-state index in [9.17, 15) is 14.0 Å². The molecule has 7 heteroatoms. The summed E-state index contributed by atoms with van der Waals surface area (Å²) in [6.07, 6.45) is 5.82. The lowest BCUT2D eigenvalue weighted by atomic mass is 9.86. The number of aromatic nitrogens is 1. The third-order valence-electron chi connectivity index (χ3n) is 6.84. The van der Waals surface area contributed by atoms with E-state index in [0.717, 1.165) is 61.4 Å². The van der Waals surface area contributed by atoms with E-state index in [4.69, 9.17) is 0 Å². The summed E-state index contributed by atoms with van der Waals surface area (Å²) in [5.74, 6) is -0.644. The van der Waals surface area contributed by atoms with E-state index in [-0.39, 0.29) is 17.6 Å². The number of halogens is 1. The van der Waals surface area contributed by atoms with Gasteiger partial charge in [0.15, 0.2) is 0 Å². The van der Waals surface area contributed by atoms with Crippen molar-refractivity contribution in [2.24, 2.45) is 0 Å². The molecule has 1 aliphatic carbocycles. The Kier molecular flexibility index (Phi) is 5.59. The second-order valence-electron chi connectivity index (χ2n) is 8.99. The molecule has 6 nitrogen and oxygen atoms in total. The first-order valence-corrected chi connectivity index (χ1v) is 11.6. The molecule has 0 bridgehead atoms. The van der Waals surface area contributed by atoms with Crippen LogP contribution in [0.3, 0.4) is 0 Å². The molecule has 1 saturated heterocycles. The van der Waals surface area contributed by atoms with Crippen LogP contribution in [0.5, 0.6) is 0 Å². The van der Waals surface area contributed by atoms with E-state index >= 15 is 0 Å². The quantitative estimate of drug-likeness (QED) is 0.492. The number of allylic oxidation sites excluding steroid dienone is 1. The number of carbonyl (C=O) groups is 2. The second-order valence-corrected chi connectivity index (χ2v) is 8.99. The molecule has 1 aromatic heterocycles. The Bertz CT molecular complexity index is 1110. The van der Waals surface area contributed by atoms with Crippen molar-refractivity contribution in [1.82, 2.24) is 15.2 Å². The molecule has 5 rings (SSSR count). The summed E-state index contributed by atoms with van der Waals surface area (Å²) in [6.45, 7) is 5.90. The third kappa shape index (κ3) is 3.75. The van der Waals surface area contributed by atoms with Gasteiger partial charge in [0.05, 0.1) is 11.1 Å². The van der Waals surface area contributed by atoms with Gasteiger partial charge < -0.3 is 20.5 Å². The second kappa shape index (κ2) is 8.54. The van der Waals surface area contributed by atoms with Crippen LogP contribution < -0.4 is 10.6 Å². The van der Waals surface area contributed by atoms with Crippen molar-refractivity contribution in [3.63, 3.8) is 0 Å². The average Bonchev–Trinajstić information content (AvgIpc) is 3.47. The van der Waals surface area contributed by atoms with Crippen molar-refractivity contribution in [2.45, 2.75) is 45.4 Å². The number of nitrogens with zero attached hydrogens (tertiary/aromatic N) is 1. The predicted octanol–water partition coefficient (Wildman–Crippen LogP) is 3.88.